The van der Waals surface area contributed by atoms with Crippen LogP contribution in [0.1, 0.15) is 41.5 Å². The lowest BCUT2D eigenvalue weighted by molar-refractivity contribution is 0.174. The first-order valence-corrected chi connectivity index (χ1v) is 7.26. The Morgan fingerprint density at radius 1 is 0.700 bits per heavy atom. The molecule has 0 aliphatic rings. The van der Waals surface area contributed by atoms with Gasteiger partial charge in [0.2, 0.25) is 11.5 Å². The maximum atomic E-state index is 5.87. The van der Waals surface area contributed by atoms with Gasteiger partial charge in [0.25, 0.3) is 0 Å². The van der Waals surface area contributed by atoms with Gasteiger partial charge in [0.15, 0.2) is 11.5 Å². The van der Waals surface area contributed by atoms with Crippen molar-refractivity contribution in [3.63, 3.8) is 0 Å². The maximum absolute atomic E-state index is 5.87. The predicted octanol–water partition coefficient (Wildman–Crippen LogP) is 3.51. The molecule has 3 radical (unpaired) electrons. The van der Waals surface area contributed by atoms with Crippen molar-refractivity contribution in [1.82, 2.24) is 0 Å². The Labute approximate surface area is 124 Å². The van der Waals surface area contributed by atoms with E-state index in [9.17, 15) is 0 Å². The summed E-state index contributed by atoms with van der Waals surface area (Å²) in [5, 5.41) is 0. The number of hydrogen-bond acceptors (Lipinski definition) is 4. The molecule has 0 saturated heterocycles. The van der Waals surface area contributed by atoms with E-state index in [4.69, 9.17) is 18.6 Å². The number of ether oxygens (including phenoxy) is 3. The van der Waals surface area contributed by atoms with Crippen LogP contribution < -0.4 is 18.6 Å². The summed E-state index contributed by atoms with van der Waals surface area (Å²) in [4.78, 5) is 0. The molecule has 1 rings (SSSR count). The van der Waals surface area contributed by atoms with Gasteiger partial charge in [0.05, 0.1) is 18.3 Å². The first-order chi connectivity index (χ1) is 9.35. The van der Waals surface area contributed by atoms with Crippen LogP contribution in [0.2, 0.25) is 0 Å². The summed E-state index contributed by atoms with van der Waals surface area (Å²) in [6, 6.07) is 3.61. The Hall–Kier alpha value is -1.36. The lowest BCUT2D eigenvalue weighted by Gasteiger charge is -2.22. The summed E-state index contributed by atoms with van der Waals surface area (Å²) < 4.78 is 22.7. The Bertz CT molecular complexity index is 430. The van der Waals surface area contributed by atoms with Crippen LogP contribution in [0.15, 0.2) is 12.1 Å². The van der Waals surface area contributed by atoms with E-state index < -0.39 is 0 Å². The third-order valence-electron chi connectivity index (χ3n) is 2.22. The third-order valence-corrected chi connectivity index (χ3v) is 2.44. The van der Waals surface area contributed by atoms with E-state index in [-0.39, 0.29) is 18.3 Å². The molecule has 0 fully saturated rings. The van der Waals surface area contributed by atoms with Crippen LogP contribution in [0.5, 0.6) is 23.0 Å². The first kappa shape index (κ1) is 16.7. The Morgan fingerprint density at radius 2 is 1.10 bits per heavy atom. The van der Waals surface area contributed by atoms with Crippen LogP contribution in [-0.2, 0) is 0 Å². The minimum Gasteiger partial charge on any atom is -0.538 e. The fraction of sp³-hybridized carbons (Fsp3) is 0.600. The summed E-state index contributed by atoms with van der Waals surface area (Å²) in [5.74, 6) is 2.32. The largest absolute Gasteiger partial charge is 0.538 e. The molecule has 1 aromatic rings. The average Bonchev–Trinajstić information content (AvgIpc) is 2.31. The molecular formula is C15H23O4Si. The van der Waals surface area contributed by atoms with Gasteiger partial charge in [-0.2, -0.15) is 0 Å². The van der Waals surface area contributed by atoms with Crippen molar-refractivity contribution in [3.8, 4) is 23.0 Å². The second-order valence-corrected chi connectivity index (χ2v) is 5.53. The second kappa shape index (κ2) is 7.43. The van der Waals surface area contributed by atoms with E-state index in [1.165, 1.54) is 0 Å². The molecule has 20 heavy (non-hydrogen) atoms. The highest BCUT2D eigenvalue weighted by Crippen LogP contribution is 2.45. The molecule has 0 aliphatic carbocycles. The molecule has 111 valence electrons. The minimum absolute atomic E-state index is 0.000575. The van der Waals surface area contributed by atoms with Crippen molar-refractivity contribution in [2.24, 2.45) is 0 Å². The highest BCUT2D eigenvalue weighted by Gasteiger charge is 2.21. The fourth-order valence-corrected chi connectivity index (χ4v) is 1.81. The summed E-state index contributed by atoms with van der Waals surface area (Å²) >= 11 is 0. The zero-order chi connectivity index (χ0) is 15.3. The first-order valence-electron chi connectivity index (χ1n) is 6.85. The molecule has 0 N–H and O–H groups in total. The zero-order valence-electron chi connectivity index (χ0n) is 13.0. The Balaban J connectivity index is 3.31. The summed E-state index contributed by atoms with van der Waals surface area (Å²) in [6.07, 6.45) is 0.0510. The van der Waals surface area contributed by atoms with Gasteiger partial charge in [-0.1, -0.05) is 0 Å². The van der Waals surface area contributed by atoms with Gasteiger partial charge in [-0.05, 0) is 53.7 Å². The predicted molar refractivity (Wildman–Crippen MR) is 80.1 cm³/mol. The van der Waals surface area contributed by atoms with Crippen molar-refractivity contribution < 1.29 is 18.6 Å². The SMILES string of the molecule is CC(C)Oc1ccc(O[Si])c(OC(C)C)c1OC(C)C. The molecule has 0 spiro atoms. The van der Waals surface area contributed by atoms with E-state index in [1.807, 2.05) is 47.6 Å². The van der Waals surface area contributed by atoms with Crippen molar-refractivity contribution >= 4 is 10.5 Å². The Morgan fingerprint density at radius 3 is 1.50 bits per heavy atom. The van der Waals surface area contributed by atoms with Crippen LogP contribution in [-0.4, -0.2) is 28.8 Å². The summed E-state index contributed by atoms with van der Waals surface area (Å²) in [5.41, 5.74) is 0. The quantitative estimate of drug-likeness (QED) is 0.721. The van der Waals surface area contributed by atoms with Crippen LogP contribution in [0, 0.1) is 0 Å². The molecule has 4 nitrogen and oxygen atoms in total. The molecule has 1 aromatic carbocycles. The number of benzene rings is 1. The van der Waals surface area contributed by atoms with E-state index in [2.05, 4.69) is 10.5 Å². The van der Waals surface area contributed by atoms with E-state index in [0.29, 0.717) is 23.0 Å². The monoisotopic (exact) mass is 295 g/mol. The molecule has 0 heterocycles. The molecule has 0 unspecified atom stereocenters. The van der Waals surface area contributed by atoms with Crippen LogP contribution in [0.4, 0.5) is 0 Å². The van der Waals surface area contributed by atoms with Crippen molar-refractivity contribution in [1.29, 1.82) is 0 Å². The molecule has 0 atom stereocenters. The molecule has 0 amide bonds. The Kier molecular flexibility index (Phi) is 6.20. The second-order valence-electron chi connectivity index (χ2n) is 5.32. The average molecular weight is 295 g/mol. The van der Waals surface area contributed by atoms with Gasteiger partial charge in [0.1, 0.15) is 0 Å². The maximum Gasteiger partial charge on any atom is 0.341 e. The lowest BCUT2D eigenvalue weighted by atomic mass is 10.2. The van der Waals surface area contributed by atoms with Crippen LogP contribution in [0.25, 0.3) is 0 Å². The van der Waals surface area contributed by atoms with Crippen molar-refractivity contribution in [2.75, 3.05) is 0 Å². The summed E-state index contributed by atoms with van der Waals surface area (Å²) in [7, 11) is 3.05. The fourth-order valence-electron chi connectivity index (χ4n) is 1.65. The van der Waals surface area contributed by atoms with Gasteiger partial charge >= 0.3 is 10.5 Å². The van der Waals surface area contributed by atoms with E-state index >= 15 is 0 Å². The van der Waals surface area contributed by atoms with Crippen molar-refractivity contribution in [3.05, 3.63) is 12.1 Å². The molecule has 0 saturated carbocycles. The topological polar surface area (TPSA) is 36.9 Å². The lowest BCUT2D eigenvalue weighted by Crippen LogP contribution is -2.14. The molecule has 0 aliphatic heterocycles. The van der Waals surface area contributed by atoms with Gasteiger partial charge < -0.3 is 18.6 Å². The van der Waals surface area contributed by atoms with Gasteiger partial charge in [-0.25, -0.2) is 0 Å². The minimum atomic E-state index is -0.000575. The van der Waals surface area contributed by atoms with Gasteiger partial charge in [0, 0.05) is 0 Å². The van der Waals surface area contributed by atoms with Gasteiger partial charge in [-0.3, -0.25) is 0 Å². The summed E-state index contributed by atoms with van der Waals surface area (Å²) in [6.45, 7) is 11.8. The standard InChI is InChI=1S/C15H23O4Si/c1-9(2)16-12-7-8-13(19-20)15(18-11(5)6)14(12)17-10(3)4/h7-11H,1-6H3. The van der Waals surface area contributed by atoms with Crippen LogP contribution in [0.3, 0.4) is 0 Å². The van der Waals surface area contributed by atoms with Gasteiger partial charge in [-0.15, -0.1) is 0 Å². The van der Waals surface area contributed by atoms with E-state index in [0.717, 1.165) is 0 Å². The third kappa shape index (κ3) is 4.63. The number of rotatable bonds is 7. The molecule has 5 heteroatoms. The number of hydrogen-bond donors (Lipinski definition) is 0. The molecule has 0 bridgehead atoms. The zero-order valence-corrected chi connectivity index (χ0v) is 14.0. The highest BCUT2D eigenvalue weighted by molar-refractivity contribution is 6.00. The smallest absolute Gasteiger partial charge is 0.341 e. The van der Waals surface area contributed by atoms with Crippen LogP contribution >= 0.6 is 0 Å². The van der Waals surface area contributed by atoms with E-state index in [1.54, 1.807) is 6.07 Å². The molecule has 0 aromatic heterocycles. The van der Waals surface area contributed by atoms with Crippen molar-refractivity contribution in [2.45, 2.75) is 59.9 Å². The molecular weight excluding hydrogens is 272 g/mol. The highest BCUT2D eigenvalue weighted by atomic mass is 28.2. The normalized spacial score (nSPS) is 11.1.